The summed E-state index contributed by atoms with van der Waals surface area (Å²) in [5, 5.41) is 19.0. The van der Waals surface area contributed by atoms with E-state index >= 15 is 0 Å². The molecule has 1 aliphatic rings. The fourth-order valence-electron chi connectivity index (χ4n) is 1.99. The van der Waals surface area contributed by atoms with Crippen LogP contribution in [0.2, 0.25) is 0 Å². The second-order valence-corrected chi connectivity index (χ2v) is 4.37. The molecule has 100 valence electrons. The average Bonchev–Trinajstić information content (AvgIpc) is 2.58. The Bertz CT molecular complexity index is 421. The monoisotopic (exact) mass is 262 g/mol. The molecule has 0 unspecified atom stereocenters. The minimum atomic E-state index is -3.50. The maximum atomic E-state index is 14.1. The Morgan fingerprint density at radius 1 is 1.11 bits per heavy atom. The molecule has 0 amide bonds. The molecule has 4 atom stereocenters. The molecule has 6 heteroatoms. The number of ether oxygens (including phenoxy) is 1. The summed E-state index contributed by atoms with van der Waals surface area (Å²) in [6.45, 7) is 1.40. The average molecular weight is 262 g/mol. The molecule has 0 spiro atoms. The van der Waals surface area contributed by atoms with Crippen LogP contribution < -0.4 is 0 Å². The number of hydrogen-bond donors (Lipinski definition) is 2. The van der Waals surface area contributed by atoms with Crippen LogP contribution in [-0.4, -0.2) is 34.6 Å². The summed E-state index contributed by atoms with van der Waals surface area (Å²) in [5.74, 6) is -4.13. The maximum Gasteiger partial charge on any atom is 0.301 e. The molecule has 0 aromatic heterocycles. The van der Waals surface area contributed by atoms with E-state index in [-0.39, 0.29) is 0 Å². The molecular formula is C12H13F3O3. The molecule has 0 bridgehead atoms. The Morgan fingerprint density at radius 3 is 2.11 bits per heavy atom. The zero-order chi connectivity index (χ0) is 13.5. The minimum absolute atomic E-state index is 0.464. The van der Waals surface area contributed by atoms with Gasteiger partial charge in [-0.25, -0.2) is 4.39 Å². The molecule has 1 aromatic rings. The van der Waals surface area contributed by atoms with Crippen molar-refractivity contribution < 1.29 is 28.1 Å². The molecule has 1 aromatic carbocycles. The van der Waals surface area contributed by atoms with Crippen LogP contribution in [0.4, 0.5) is 13.2 Å². The van der Waals surface area contributed by atoms with Gasteiger partial charge in [0.2, 0.25) is 0 Å². The maximum absolute atomic E-state index is 14.1. The molecule has 1 heterocycles. The van der Waals surface area contributed by atoms with E-state index in [1.54, 1.807) is 0 Å². The minimum Gasteiger partial charge on any atom is -0.388 e. The standard InChI is InChI=1S/C12H13F3O3/c1-6-9(16)10(17)11(18-6)12(14,15)7-2-4-8(13)5-3-7/h2-6,9-11,16-17H,1H3/t6-,9-,10-,11-/m0/s1. The van der Waals surface area contributed by atoms with Crippen molar-refractivity contribution in [2.45, 2.75) is 37.3 Å². The van der Waals surface area contributed by atoms with Crippen LogP contribution in [0.3, 0.4) is 0 Å². The molecule has 2 N–H and O–H groups in total. The summed E-state index contributed by atoms with van der Waals surface area (Å²) >= 11 is 0. The van der Waals surface area contributed by atoms with Gasteiger partial charge in [0, 0.05) is 5.56 Å². The van der Waals surface area contributed by atoms with Gasteiger partial charge in [0.25, 0.3) is 0 Å². The quantitative estimate of drug-likeness (QED) is 0.847. The van der Waals surface area contributed by atoms with Crippen molar-refractivity contribution in [3.63, 3.8) is 0 Å². The highest BCUT2D eigenvalue weighted by atomic mass is 19.3. The van der Waals surface area contributed by atoms with Crippen LogP contribution in [0.5, 0.6) is 0 Å². The molecule has 2 rings (SSSR count). The van der Waals surface area contributed by atoms with E-state index in [4.69, 9.17) is 4.74 Å². The van der Waals surface area contributed by atoms with Crippen molar-refractivity contribution >= 4 is 0 Å². The van der Waals surface area contributed by atoms with Gasteiger partial charge in [0.1, 0.15) is 18.0 Å². The van der Waals surface area contributed by atoms with Crippen LogP contribution >= 0.6 is 0 Å². The lowest BCUT2D eigenvalue weighted by Gasteiger charge is -2.25. The Morgan fingerprint density at radius 2 is 1.67 bits per heavy atom. The molecule has 18 heavy (non-hydrogen) atoms. The van der Waals surface area contributed by atoms with Gasteiger partial charge in [-0.05, 0) is 19.1 Å². The smallest absolute Gasteiger partial charge is 0.301 e. The predicted molar refractivity (Wildman–Crippen MR) is 56.6 cm³/mol. The lowest BCUT2D eigenvalue weighted by atomic mass is 9.97. The van der Waals surface area contributed by atoms with Crippen molar-refractivity contribution in [3.05, 3.63) is 35.6 Å². The van der Waals surface area contributed by atoms with Gasteiger partial charge in [0.15, 0.2) is 6.10 Å². The van der Waals surface area contributed by atoms with E-state index in [0.717, 1.165) is 24.3 Å². The fraction of sp³-hybridized carbons (Fsp3) is 0.500. The van der Waals surface area contributed by atoms with E-state index in [9.17, 15) is 23.4 Å². The van der Waals surface area contributed by atoms with E-state index in [1.165, 1.54) is 6.92 Å². The summed E-state index contributed by atoms with van der Waals surface area (Å²) in [7, 11) is 0. The molecular weight excluding hydrogens is 249 g/mol. The number of aliphatic hydroxyl groups is 2. The third-order valence-corrected chi connectivity index (χ3v) is 3.09. The third-order valence-electron chi connectivity index (χ3n) is 3.09. The number of rotatable bonds is 2. The van der Waals surface area contributed by atoms with Gasteiger partial charge in [-0.2, -0.15) is 8.78 Å². The summed E-state index contributed by atoms with van der Waals surface area (Å²) in [5.41, 5.74) is -0.464. The SMILES string of the molecule is C[C@@H]1O[C@H](C(F)(F)c2ccc(F)cc2)[C@@H](O)[C@H]1O. The van der Waals surface area contributed by atoms with Crippen molar-refractivity contribution in [2.24, 2.45) is 0 Å². The molecule has 1 fully saturated rings. The van der Waals surface area contributed by atoms with Gasteiger partial charge in [0.05, 0.1) is 6.10 Å². The first-order valence-corrected chi connectivity index (χ1v) is 5.49. The molecule has 0 saturated carbocycles. The lowest BCUT2D eigenvalue weighted by Crippen LogP contribution is -2.41. The first-order chi connectivity index (χ1) is 8.34. The third kappa shape index (κ3) is 2.11. The highest BCUT2D eigenvalue weighted by Crippen LogP contribution is 2.40. The zero-order valence-electron chi connectivity index (χ0n) is 9.56. The van der Waals surface area contributed by atoms with Crippen LogP contribution in [0.15, 0.2) is 24.3 Å². The second kappa shape index (κ2) is 4.53. The highest BCUT2D eigenvalue weighted by molar-refractivity contribution is 5.23. The van der Waals surface area contributed by atoms with Gasteiger partial charge < -0.3 is 14.9 Å². The second-order valence-electron chi connectivity index (χ2n) is 4.37. The Kier molecular flexibility index (Phi) is 3.35. The van der Waals surface area contributed by atoms with E-state index in [0.29, 0.717) is 0 Å². The van der Waals surface area contributed by atoms with Crippen molar-refractivity contribution in [1.82, 2.24) is 0 Å². The lowest BCUT2D eigenvalue weighted by molar-refractivity contribution is -0.159. The topological polar surface area (TPSA) is 49.7 Å². The zero-order valence-corrected chi connectivity index (χ0v) is 9.56. The van der Waals surface area contributed by atoms with Gasteiger partial charge in [-0.3, -0.25) is 0 Å². The van der Waals surface area contributed by atoms with Crippen molar-refractivity contribution in [3.8, 4) is 0 Å². The Hall–Kier alpha value is -1.11. The van der Waals surface area contributed by atoms with Gasteiger partial charge in [-0.15, -0.1) is 0 Å². The van der Waals surface area contributed by atoms with E-state index < -0.39 is 41.7 Å². The van der Waals surface area contributed by atoms with Crippen LogP contribution in [0, 0.1) is 5.82 Å². The number of halogens is 3. The molecule has 3 nitrogen and oxygen atoms in total. The predicted octanol–water partition coefficient (Wildman–Crippen LogP) is 1.43. The number of aliphatic hydroxyl groups excluding tert-OH is 2. The first kappa shape index (κ1) is 13.3. The van der Waals surface area contributed by atoms with Crippen molar-refractivity contribution in [2.75, 3.05) is 0 Å². The summed E-state index contributed by atoms with van der Waals surface area (Å²) < 4.78 is 45.7. The molecule has 0 aliphatic carbocycles. The largest absolute Gasteiger partial charge is 0.388 e. The molecule has 1 saturated heterocycles. The Labute approximate surface area is 102 Å². The normalized spacial score (nSPS) is 32.8. The van der Waals surface area contributed by atoms with Gasteiger partial charge in [-0.1, -0.05) is 12.1 Å². The van der Waals surface area contributed by atoms with E-state index in [1.807, 2.05) is 0 Å². The molecule has 1 aliphatic heterocycles. The van der Waals surface area contributed by atoms with Crippen LogP contribution in [0.25, 0.3) is 0 Å². The number of benzene rings is 1. The first-order valence-electron chi connectivity index (χ1n) is 5.49. The summed E-state index contributed by atoms with van der Waals surface area (Å²) in [6, 6.07) is 3.68. The van der Waals surface area contributed by atoms with E-state index in [2.05, 4.69) is 0 Å². The number of alkyl halides is 2. The summed E-state index contributed by atoms with van der Waals surface area (Å²) in [4.78, 5) is 0. The fourth-order valence-corrected chi connectivity index (χ4v) is 1.99. The van der Waals surface area contributed by atoms with Crippen LogP contribution in [-0.2, 0) is 10.7 Å². The van der Waals surface area contributed by atoms with Gasteiger partial charge >= 0.3 is 5.92 Å². The molecule has 0 radical (unpaired) electrons. The van der Waals surface area contributed by atoms with Crippen LogP contribution in [0.1, 0.15) is 12.5 Å². The highest BCUT2D eigenvalue weighted by Gasteiger charge is 2.54. The number of hydrogen-bond acceptors (Lipinski definition) is 3. The summed E-state index contributed by atoms with van der Waals surface area (Å²) in [6.07, 6.45) is -5.76. The Balaban J connectivity index is 2.28. The van der Waals surface area contributed by atoms with Crippen molar-refractivity contribution in [1.29, 1.82) is 0 Å².